The number of anilines is 1. The van der Waals surface area contributed by atoms with E-state index in [2.05, 4.69) is 21.2 Å². The van der Waals surface area contributed by atoms with Crippen molar-refractivity contribution in [1.29, 1.82) is 0 Å². The summed E-state index contributed by atoms with van der Waals surface area (Å²) < 4.78 is 13.9. The summed E-state index contributed by atoms with van der Waals surface area (Å²) in [6.07, 6.45) is 1.04. The zero-order valence-corrected chi connectivity index (χ0v) is 13.4. The maximum atomic E-state index is 13.6. The van der Waals surface area contributed by atoms with Crippen molar-refractivity contribution in [1.82, 2.24) is 0 Å². The minimum Gasteiger partial charge on any atom is -0.481 e. The zero-order valence-electron chi connectivity index (χ0n) is 11.8. The fraction of sp³-hybridized carbons (Fsp3) is 0.467. The SMILES string of the molecule is Cc1cc(Br)c(F)cc1NC(=O)C1CC(C)CC1C(=O)O. The van der Waals surface area contributed by atoms with Crippen LogP contribution in [0.4, 0.5) is 10.1 Å². The van der Waals surface area contributed by atoms with Crippen LogP contribution in [0.1, 0.15) is 25.3 Å². The molecule has 2 rings (SSSR count). The average Bonchev–Trinajstić information content (AvgIpc) is 2.78. The highest BCUT2D eigenvalue weighted by Crippen LogP contribution is 2.37. The van der Waals surface area contributed by atoms with E-state index in [1.165, 1.54) is 6.07 Å². The molecule has 0 aromatic heterocycles. The lowest BCUT2D eigenvalue weighted by molar-refractivity contribution is -0.145. The van der Waals surface area contributed by atoms with Gasteiger partial charge in [0.2, 0.25) is 5.91 Å². The zero-order chi connectivity index (χ0) is 15.7. The molecule has 0 radical (unpaired) electrons. The first-order valence-electron chi connectivity index (χ1n) is 6.79. The normalized spacial score (nSPS) is 24.9. The number of carbonyl (C=O) groups is 2. The van der Waals surface area contributed by atoms with Gasteiger partial charge in [-0.15, -0.1) is 0 Å². The number of hydrogen-bond acceptors (Lipinski definition) is 2. The predicted molar refractivity (Wildman–Crippen MR) is 80.5 cm³/mol. The van der Waals surface area contributed by atoms with E-state index in [0.29, 0.717) is 23.0 Å². The van der Waals surface area contributed by atoms with Gasteiger partial charge >= 0.3 is 5.97 Å². The van der Waals surface area contributed by atoms with E-state index in [-0.39, 0.29) is 11.8 Å². The molecule has 1 amide bonds. The third-order valence-electron chi connectivity index (χ3n) is 3.98. The number of hydrogen-bond donors (Lipinski definition) is 2. The molecule has 1 aromatic carbocycles. The Balaban J connectivity index is 2.18. The molecule has 1 aromatic rings. The van der Waals surface area contributed by atoms with Crippen molar-refractivity contribution in [3.05, 3.63) is 28.0 Å². The number of carbonyl (C=O) groups excluding carboxylic acids is 1. The molecule has 0 heterocycles. The highest BCUT2D eigenvalue weighted by atomic mass is 79.9. The maximum absolute atomic E-state index is 13.6. The largest absolute Gasteiger partial charge is 0.481 e. The van der Waals surface area contributed by atoms with Gasteiger partial charge in [0.15, 0.2) is 0 Å². The van der Waals surface area contributed by atoms with Gasteiger partial charge in [-0.25, -0.2) is 4.39 Å². The second-order valence-electron chi connectivity index (χ2n) is 5.70. The standard InChI is InChI=1S/C15H17BrFNO3/c1-7-3-9(10(4-7)15(20)21)14(19)18-13-6-12(17)11(16)5-8(13)2/h5-7,9-10H,3-4H2,1-2H3,(H,18,19)(H,20,21). The molecule has 1 fully saturated rings. The molecular weight excluding hydrogens is 341 g/mol. The lowest BCUT2D eigenvalue weighted by atomic mass is 9.95. The molecule has 21 heavy (non-hydrogen) atoms. The van der Waals surface area contributed by atoms with Crippen LogP contribution in [0.25, 0.3) is 0 Å². The van der Waals surface area contributed by atoms with E-state index < -0.39 is 23.6 Å². The second-order valence-corrected chi connectivity index (χ2v) is 6.55. The van der Waals surface area contributed by atoms with E-state index in [1.807, 2.05) is 6.92 Å². The number of rotatable bonds is 3. The number of carboxylic acid groups (broad SMARTS) is 1. The molecule has 1 aliphatic carbocycles. The van der Waals surface area contributed by atoms with Crippen molar-refractivity contribution < 1.29 is 19.1 Å². The number of amides is 1. The van der Waals surface area contributed by atoms with Crippen LogP contribution in [0.2, 0.25) is 0 Å². The van der Waals surface area contributed by atoms with Gasteiger partial charge < -0.3 is 10.4 Å². The van der Waals surface area contributed by atoms with Crippen LogP contribution in [0.3, 0.4) is 0 Å². The Morgan fingerprint density at radius 2 is 1.95 bits per heavy atom. The summed E-state index contributed by atoms with van der Waals surface area (Å²) in [5, 5.41) is 11.9. The molecule has 3 atom stereocenters. The lowest BCUT2D eigenvalue weighted by Crippen LogP contribution is -2.30. The van der Waals surface area contributed by atoms with Crippen molar-refractivity contribution in [3.8, 4) is 0 Å². The quantitative estimate of drug-likeness (QED) is 0.868. The number of aryl methyl sites for hydroxylation is 1. The smallest absolute Gasteiger partial charge is 0.307 e. The maximum Gasteiger partial charge on any atom is 0.307 e. The molecule has 1 saturated carbocycles. The van der Waals surface area contributed by atoms with Crippen molar-refractivity contribution in [2.45, 2.75) is 26.7 Å². The van der Waals surface area contributed by atoms with Crippen LogP contribution in [0.5, 0.6) is 0 Å². The van der Waals surface area contributed by atoms with Crippen LogP contribution in [-0.2, 0) is 9.59 Å². The van der Waals surface area contributed by atoms with Gasteiger partial charge in [0, 0.05) is 5.69 Å². The molecular formula is C15H17BrFNO3. The predicted octanol–water partition coefficient (Wildman–Crippen LogP) is 3.58. The first kappa shape index (κ1) is 15.9. The van der Waals surface area contributed by atoms with Crippen LogP contribution < -0.4 is 5.32 Å². The van der Waals surface area contributed by atoms with E-state index in [4.69, 9.17) is 0 Å². The molecule has 3 unspecified atom stereocenters. The van der Waals surface area contributed by atoms with Gasteiger partial charge in [-0.05, 0) is 59.3 Å². The number of aliphatic carboxylic acids is 1. The average molecular weight is 358 g/mol. The van der Waals surface area contributed by atoms with E-state index in [9.17, 15) is 19.1 Å². The molecule has 4 nitrogen and oxygen atoms in total. The van der Waals surface area contributed by atoms with Crippen molar-refractivity contribution in [2.75, 3.05) is 5.32 Å². The Kier molecular flexibility index (Phi) is 4.66. The van der Waals surface area contributed by atoms with Gasteiger partial charge in [-0.3, -0.25) is 9.59 Å². The van der Waals surface area contributed by atoms with E-state index >= 15 is 0 Å². The number of benzene rings is 1. The van der Waals surface area contributed by atoms with Crippen molar-refractivity contribution in [3.63, 3.8) is 0 Å². The molecule has 114 valence electrons. The molecule has 1 aliphatic rings. The summed E-state index contributed by atoms with van der Waals surface area (Å²) >= 11 is 3.08. The van der Waals surface area contributed by atoms with Crippen LogP contribution >= 0.6 is 15.9 Å². The lowest BCUT2D eigenvalue weighted by Gasteiger charge is -2.17. The van der Waals surface area contributed by atoms with Gasteiger partial charge in [0.1, 0.15) is 5.82 Å². The number of halogens is 2. The van der Waals surface area contributed by atoms with Gasteiger partial charge in [-0.2, -0.15) is 0 Å². The Hall–Kier alpha value is -1.43. The highest BCUT2D eigenvalue weighted by molar-refractivity contribution is 9.10. The van der Waals surface area contributed by atoms with Crippen molar-refractivity contribution >= 4 is 33.5 Å². The van der Waals surface area contributed by atoms with Gasteiger partial charge in [-0.1, -0.05) is 6.92 Å². The Morgan fingerprint density at radius 1 is 1.33 bits per heavy atom. The number of nitrogens with one attached hydrogen (secondary N) is 1. The summed E-state index contributed by atoms with van der Waals surface area (Å²) in [5.41, 5.74) is 1.10. The molecule has 2 N–H and O–H groups in total. The summed E-state index contributed by atoms with van der Waals surface area (Å²) in [7, 11) is 0. The minimum absolute atomic E-state index is 0.199. The van der Waals surface area contributed by atoms with E-state index in [1.54, 1.807) is 13.0 Å². The van der Waals surface area contributed by atoms with E-state index in [0.717, 1.165) is 5.56 Å². The monoisotopic (exact) mass is 357 g/mol. The highest BCUT2D eigenvalue weighted by Gasteiger charge is 2.41. The molecule has 0 bridgehead atoms. The minimum atomic E-state index is -0.946. The fourth-order valence-corrected chi connectivity index (χ4v) is 3.32. The van der Waals surface area contributed by atoms with Crippen LogP contribution in [0, 0.1) is 30.5 Å². The van der Waals surface area contributed by atoms with Gasteiger partial charge in [0.25, 0.3) is 0 Å². The molecule has 0 spiro atoms. The molecule has 6 heteroatoms. The van der Waals surface area contributed by atoms with Gasteiger partial charge in [0.05, 0.1) is 16.3 Å². The topological polar surface area (TPSA) is 66.4 Å². The second kappa shape index (κ2) is 6.13. The Labute approximate surface area is 130 Å². The molecule has 0 aliphatic heterocycles. The molecule has 0 saturated heterocycles. The first-order valence-corrected chi connectivity index (χ1v) is 7.58. The number of carboxylic acids is 1. The summed E-state index contributed by atoms with van der Waals surface area (Å²) in [4.78, 5) is 23.5. The third kappa shape index (κ3) is 3.43. The fourth-order valence-electron chi connectivity index (χ4n) is 2.86. The van der Waals surface area contributed by atoms with Crippen molar-refractivity contribution in [2.24, 2.45) is 17.8 Å². The Bertz CT molecular complexity index is 591. The summed E-state index contributed by atoms with van der Waals surface area (Å²) in [6.45, 7) is 3.69. The Morgan fingerprint density at radius 3 is 2.57 bits per heavy atom. The van der Waals surface area contributed by atoms with Crippen LogP contribution in [-0.4, -0.2) is 17.0 Å². The van der Waals surface area contributed by atoms with Crippen LogP contribution in [0.15, 0.2) is 16.6 Å². The summed E-state index contributed by atoms with van der Waals surface area (Å²) in [6, 6.07) is 2.82. The third-order valence-corrected chi connectivity index (χ3v) is 4.59. The first-order chi connectivity index (χ1) is 9.79. The summed E-state index contributed by atoms with van der Waals surface area (Å²) in [5.74, 6) is -2.80.